The van der Waals surface area contributed by atoms with Gasteiger partial charge in [-0.25, -0.2) is 0 Å². The van der Waals surface area contributed by atoms with Crippen LogP contribution in [0.1, 0.15) is 31.2 Å². The van der Waals surface area contributed by atoms with Crippen LogP contribution in [0, 0.1) is 5.92 Å². The lowest BCUT2D eigenvalue weighted by Gasteiger charge is -2.25. The third-order valence-electron chi connectivity index (χ3n) is 3.22. The molecule has 0 amide bonds. The molecule has 2 nitrogen and oxygen atoms in total. The van der Waals surface area contributed by atoms with E-state index in [1.165, 1.54) is 19.3 Å². The monoisotopic (exact) mass is 269 g/mol. The van der Waals surface area contributed by atoms with Crippen molar-refractivity contribution in [2.45, 2.75) is 25.7 Å². The van der Waals surface area contributed by atoms with Crippen LogP contribution in [0.15, 0.2) is 18.2 Å². The second-order valence-corrected chi connectivity index (χ2v) is 5.32. The number of rotatable bonds is 5. The maximum Gasteiger partial charge on any atom is 0.129 e. The van der Waals surface area contributed by atoms with Gasteiger partial charge in [-0.05, 0) is 30.5 Å². The first-order valence-electron chi connectivity index (χ1n) is 5.89. The van der Waals surface area contributed by atoms with Crippen LogP contribution in [-0.4, -0.2) is 11.6 Å². The summed E-state index contributed by atoms with van der Waals surface area (Å²) in [6, 6.07) is 5.38. The molecule has 0 unspecified atom stereocenters. The molecule has 0 aromatic heterocycles. The Kier molecular flexibility index (Phi) is 4.24. The van der Waals surface area contributed by atoms with Crippen LogP contribution in [0.25, 0.3) is 0 Å². The van der Waals surface area contributed by atoms with Crippen LogP contribution < -0.4 is 10.5 Å². The Balaban J connectivity index is 1.96. The normalized spacial score (nSPS) is 15.4. The number of hydrogen-bond donors (Lipinski definition) is 1. The van der Waals surface area contributed by atoms with Gasteiger partial charge in [0.2, 0.25) is 0 Å². The van der Waals surface area contributed by atoms with E-state index < -0.39 is 0 Å². The SMILES string of the molecule is NC(=S)c1cc(Cl)ccc1OCCC1CCC1. The first kappa shape index (κ1) is 12.7. The Hall–Kier alpha value is -0.800. The molecular weight excluding hydrogens is 254 g/mol. The third-order valence-corrected chi connectivity index (χ3v) is 3.67. The highest BCUT2D eigenvalue weighted by Gasteiger charge is 2.17. The van der Waals surface area contributed by atoms with Crippen LogP contribution in [0.4, 0.5) is 0 Å². The summed E-state index contributed by atoms with van der Waals surface area (Å²) in [5.41, 5.74) is 6.37. The van der Waals surface area contributed by atoms with Crippen molar-refractivity contribution in [2.24, 2.45) is 11.7 Å². The second kappa shape index (κ2) is 5.69. The Morgan fingerprint density at radius 3 is 2.82 bits per heavy atom. The molecule has 0 radical (unpaired) electrons. The summed E-state index contributed by atoms with van der Waals surface area (Å²) in [6.07, 6.45) is 5.15. The predicted molar refractivity (Wildman–Crippen MR) is 74.8 cm³/mol. The van der Waals surface area contributed by atoms with Crippen molar-refractivity contribution in [2.75, 3.05) is 6.61 Å². The molecule has 0 aliphatic heterocycles. The average Bonchev–Trinajstić information content (AvgIpc) is 2.23. The van der Waals surface area contributed by atoms with E-state index in [0.717, 1.165) is 30.3 Å². The molecule has 1 aromatic rings. The van der Waals surface area contributed by atoms with E-state index in [1.54, 1.807) is 12.1 Å². The summed E-state index contributed by atoms with van der Waals surface area (Å²) >= 11 is 10.9. The van der Waals surface area contributed by atoms with E-state index in [4.69, 9.17) is 34.3 Å². The van der Waals surface area contributed by atoms with Gasteiger partial charge in [0.15, 0.2) is 0 Å². The highest BCUT2D eigenvalue weighted by molar-refractivity contribution is 7.80. The summed E-state index contributed by atoms with van der Waals surface area (Å²) in [6.45, 7) is 0.724. The molecule has 17 heavy (non-hydrogen) atoms. The molecule has 0 saturated heterocycles. The summed E-state index contributed by atoms with van der Waals surface area (Å²) in [4.78, 5) is 0.325. The van der Waals surface area contributed by atoms with Crippen molar-refractivity contribution in [1.82, 2.24) is 0 Å². The number of hydrogen-bond acceptors (Lipinski definition) is 2. The zero-order chi connectivity index (χ0) is 12.3. The maximum absolute atomic E-state index is 5.91. The molecule has 4 heteroatoms. The second-order valence-electron chi connectivity index (χ2n) is 4.44. The first-order chi connectivity index (χ1) is 8.16. The van der Waals surface area contributed by atoms with E-state index in [1.807, 2.05) is 6.07 Å². The van der Waals surface area contributed by atoms with E-state index in [9.17, 15) is 0 Å². The molecule has 1 aliphatic rings. The lowest BCUT2D eigenvalue weighted by molar-refractivity contribution is 0.222. The van der Waals surface area contributed by atoms with Gasteiger partial charge >= 0.3 is 0 Å². The average molecular weight is 270 g/mol. The minimum atomic E-state index is 0.325. The van der Waals surface area contributed by atoms with Gasteiger partial charge in [-0.3, -0.25) is 0 Å². The summed E-state index contributed by atoms with van der Waals surface area (Å²) in [5, 5.41) is 0.624. The number of benzene rings is 1. The fourth-order valence-corrected chi connectivity index (χ4v) is 2.27. The molecule has 1 aliphatic carbocycles. The smallest absolute Gasteiger partial charge is 0.129 e. The molecule has 0 atom stereocenters. The van der Waals surface area contributed by atoms with Gasteiger partial charge in [0.25, 0.3) is 0 Å². The molecule has 92 valence electrons. The topological polar surface area (TPSA) is 35.2 Å². The van der Waals surface area contributed by atoms with Gasteiger partial charge in [0.05, 0.1) is 12.2 Å². The fraction of sp³-hybridized carbons (Fsp3) is 0.462. The third kappa shape index (κ3) is 3.33. The highest BCUT2D eigenvalue weighted by atomic mass is 35.5. The van der Waals surface area contributed by atoms with Crippen LogP contribution in [0.3, 0.4) is 0 Å². The Labute approximate surface area is 112 Å². The van der Waals surface area contributed by atoms with E-state index >= 15 is 0 Å². The molecular formula is C13H16ClNOS. The zero-order valence-corrected chi connectivity index (χ0v) is 11.2. The van der Waals surface area contributed by atoms with Gasteiger partial charge in [-0.2, -0.15) is 0 Å². The van der Waals surface area contributed by atoms with Gasteiger partial charge in [-0.15, -0.1) is 0 Å². The first-order valence-corrected chi connectivity index (χ1v) is 6.67. The molecule has 0 heterocycles. The number of thiocarbonyl (C=S) groups is 1. The molecule has 0 bridgehead atoms. The minimum Gasteiger partial charge on any atom is -0.493 e. The van der Waals surface area contributed by atoms with E-state index in [-0.39, 0.29) is 0 Å². The molecule has 1 saturated carbocycles. The fourth-order valence-electron chi connectivity index (χ4n) is 1.94. The Morgan fingerprint density at radius 1 is 1.47 bits per heavy atom. The van der Waals surface area contributed by atoms with Crippen molar-refractivity contribution in [3.8, 4) is 5.75 Å². The largest absolute Gasteiger partial charge is 0.493 e. The van der Waals surface area contributed by atoms with Crippen LogP contribution in [-0.2, 0) is 0 Å². The van der Waals surface area contributed by atoms with Crippen molar-refractivity contribution in [1.29, 1.82) is 0 Å². The summed E-state index contributed by atoms with van der Waals surface area (Å²) in [5.74, 6) is 1.58. The van der Waals surface area contributed by atoms with Crippen molar-refractivity contribution in [3.63, 3.8) is 0 Å². The predicted octanol–water partition coefficient (Wildman–Crippen LogP) is 3.54. The standard InChI is InChI=1S/C13H16ClNOS/c14-10-4-5-12(11(8-10)13(15)17)16-7-6-9-2-1-3-9/h4-5,8-9H,1-3,6-7H2,(H2,15,17). The minimum absolute atomic E-state index is 0.325. The molecule has 1 aromatic carbocycles. The maximum atomic E-state index is 5.91. The lowest BCUT2D eigenvalue weighted by atomic mass is 9.83. The van der Waals surface area contributed by atoms with Gasteiger partial charge in [0.1, 0.15) is 10.7 Å². The Morgan fingerprint density at radius 2 is 2.24 bits per heavy atom. The number of nitrogens with two attached hydrogens (primary N) is 1. The Bertz CT molecular complexity index is 418. The molecule has 2 rings (SSSR count). The summed E-state index contributed by atoms with van der Waals surface area (Å²) < 4.78 is 5.73. The van der Waals surface area contributed by atoms with E-state index in [2.05, 4.69) is 0 Å². The van der Waals surface area contributed by atoms with Crippen LogP contribution in [0.2, 0.25) is 5.02 Å². The highest BCUT2D eigenvalue weighted by Crippen LogP contribution is 2.30. The van der Waals surface area contributed by atoms with Crippen molar-refractivity contribution in [3.05, 3.63) is 28.8 Å². The molecule has 0 spiro atoms. The van der Waals surface area contributed by atoms with Crippen molar-refractivity contribution >= 4 is 28.8 Å². The van der Waals surface area contributed by atoms with Crippen LogP contribution in [0.5, 0.6) is 5.75 Å². The van der Waals surface area contributed by atoms with Crippen LogP contribution >= 0.6 is 23.8 Å². The molecule has 1 fully saturated rings. The van der Waals surface area contributed by atoms with Gasteiger partial charge in [0, 0.05) is 5.02 Å². The lowest BCUT2D eigenvalue weighted by Crippen LogP contribution is -2.16. The number of halogens is 1. The van der Waals surface area contributed by atoms with Crippen molar-refractivity contribution < 1.29 is 4.74 Å². The number of ether oxygens (including phenoxy) is 1. The molecule has 2 N–H and O–H groups in total. The quantitative estimate of drug-likeness (QED) is 0.831. The van der Waals surface area contributed by atoms with Gasteiger partial charge < -0.3 is 10.5 Å². The van der Waals surface area contributed by atoms with E-state index in [0.29, 0.717) is 10.0 Å². The summed E-state index contributed by atoms with van der Waals surface area (Å²) in [7, 11) is 0. The van der Waals surface area contributed by atoms with Gasteiger partial charge in [-0.1, -0.05) is 43.1 Å². The zero-order valence-electron chi connectivity index (χ0n) is 9.62.